The van der Waals surface area contributed by atoms with Gasteiger partial charge in [-0.2, -0.15) is 0 Å². The van der Waals surface area contributed by atoms with Gasteiger partial charge >= 0.3 is 0 Å². The summed E-state index contributed by atoms with van der Waals surface area (Å²) in [7, 11) is 0. The first-order valence-electron chi connectivity index (χ1n) is 9.12. The summed E-state index contributed by atoms with van der Waals surface area (Å²) in [6.45, 7) is 1.97. The lowest BCUT2D eigenvalue weighted by molar-refractivity contribution is 0.517. The molecule has 5 rings (SSSR count). The van der Waals surface area contributed by atoms with Gasteiger partial charge in [0.25, 0.3) is 5.89 Å². The molecule has 0 fully saturated rings. The molecule has 0 N–H and O–H groups in total. The molecule has 0 spiro atoms. The van der Waals surface area contributed by atoms with E-state index in [2.05, 4.69) is 27.3 Å². The third-order valence-electron chi connectivity index (χ3n) is 4.38. The Kier molecular flexibility index (Phi) is 4.75. The molecule has 0 unspecified atom stereocenters. The van der Waals surface area contributed by atoms with Crippen molar-refractivity contribution < 1.29 is 4.42 Å². The topological polar surface area (TPSA) is 64.7 Å². The predicted octanol–water partition coefficient (Wildman–Crippen LogP) is 5.88. The van der Waals surface area contributed by atoms with Crippen molar-refractivity contribution >= 4 is 22.7 Å². The Bertz CT molecular complexity index is 1240. The van der Waals surface area contributed by atoms with Crippen LogP contribution in [0.5, 0.6) is 0 Å². The Morgan fingerprint density at radius 3 is 2.24 bits per heavy atom. The van der Waals surface area contributed by atoms with Gasteiger partial charge in [0.1, 0.15) is 14.9 Å². The first-order chi connectivity index (χ1) is 14.3. The Morgan fingerprint density at radius 2 is 1.52 bits per heavy atom. The molecule has 3 aromatic heterocycles. The smallest absolute Gasteiger partial charge is 0.259 e. The molecule has 0 saturated heterocycles. The summed E-state index contributed by atoms with van der Waals surface area (Å²) >= 11 is 3.19. The van der Waals surface area contributed by atoms with Gasteiger partial charge in [-0.15, -0.1) is 32.9 Å². The van der Waals surface area contributed by atoms with E-state index in [0.29, 0.717) is 18.2 Å². The molecule has 0 amide bonds. The van der Waals surface area contributed by atoms with Crippen molar-refractivity contribution in [1.82, 2.24) is 20.2 Å². The van der Waals surface area contributed by atoms with E-state index in [1.54, 1.807) is 22.7 Å². The van der Waals surface area contributed by atoms with E-state index >= 15 is 0 Å². The number of thiazole rings is 2. The van der Waals surface area contributed by atoms with E-state index in [0.717, 1.165) is 37.4 Å². The van der Waals surface area contributed by atoms with E-state index in [9.17, 15) is 0 Å². The number of aromatic nitrogens is 4. The number of rotatable bonds is 5. The highest BCUT2D eigenvalue weighted by molar-refractivity contribution is 7.18. The molecular weight excluding hydrogens is 400 g/mol. The van der Waals surface area contributed by atoms with Crippen molar-refractivity contribution in [2.75, 3.05) is 0 Å². The highest BCUT2D eigenvalue weighted by Crippen LogP contribution is 2.34. The van der Waals surface area contributed by atoms with E-state index in [1.165, 1.54) is 0 Å². The molecule has 0 aliphatic carbocycles. The summed E-state index contributed by atoms with van der Waals surface area (Å²) < 4.78 is 5.93. The first-order valence-corrected chi connectivity index (χ1v) is 10.8. The highest BCUT2D eigenvalue weighted by Gasteiger charge is 2.18. The maximum absolute atomic E-state index is 5.93. The van der Waals surface area contributed by atoms with Crippen molar-refractivity contribution in [3.05, 3.63) is 83.3 Å². The van der Waals surface area contributed by atoms with Gasteiger partial charge < -0.3 is 4.42 Å². The molecule has 0 saturated carbocycles. The molecule has 7 heteroatoms. The van der Waals surface area contributed by atoms with Gasteiger partial charge in [-0.1, -0.05) is 60.7 Å². The van der Waals surface area contributed by atoms with Crippen LogP contribution in [0, 0.1) is 6.92 Å². The predicted molar refractivity (Wildman–Crippen MR) is 116 cm³/mol. The fourth-order valence-electron chi connectivity index (χ4n) is 2.97. The quantitative estimate of drug-likeness (QED) is 0.358. The number of nitrogens with zero attached hydrogens (tertiary/aromatic N) is 4. The van der Waals surface area contributed by atoms with Gasteiger partial charge in [0.05, 0.1) is 17.8 Å². The van der Waals surface area contributed by atoms with Gasteiger partial charge in [0.15, 0.2) is 0 Å². The average Bonchev–Trinajstić information content (AvgIpc) is 3.50. The zero-order valence-corrected chi connectivity index (χ0v) is 17.2. The van der Waals surface area contributed by atoms with Crippen LogP contribution in [0.1, 0.15) is 17.3 Å². The molecule has 0 atom stereocenters. The summed E-state index contributed by atoms with van der Waals surface area (Å²) in [5.74, 6) is 1.06. The van der Waals surface area contributed by atoms with Crippen LogP contribution in [-0.4, -0.2) is 20.2 Å². The van der Waals surface area contributed by atoms with Crippen LogP contribution >= 0.6 is 22.7 Å². The Labute approximate surface area is 175 Å². The molecule has 3 heterocycles. The van der Waals surface area contributed by atoms with Crippen molar-refractivity contribution in [3.63, 3.8) is 0 Å². The molecule has 142 valence electrons. The fraction of sp³-hybridized carbons (Fsp3) is 0.0909. The van der Waals surface area contributed by atoms with Gasteiger partial charge in [0.2, 0.25) is 5.89 Å². The molecule has 0 aliphatic heterocycles. The summed E-state index contributed by atoms with van der Waals surface area (Å²) in [4.78, 5) is 10.3. The van der Waals surface area contributed by atoms with Crippen LogP contribution in [0.3, 0.4) is 0 Å². The molecule has 2 aromatic carbocycles. The number of hydrogen-bond donors (Lipinski definition) is 0. The second-order valence-corrected chi connectivity index (χ2v) is 8.34. The molecule has 5 aromatic rings. The summed E-state index contributed by atoms with van der Waals surface area (Å²) in [6.07, 6.45) is 0.514. The van der Waals surface area contributed by atoms with Crippen LogP contribution in [-0.2, 0) is 6.42 Å². The highest BCUT2D eigenvalue weighted by atomic mass is 32.1. The molecule has 5 nitrogen and oxygen atoms in total. The normalized spacial score (nSPS) is 11.1. The average molecular weight is 417 g/mol. The first kappa shape index (κ1) is 17.9. The molecular formula is C22H16N4OS2. The number of aryl methyl sites for hydroxylation is 1. The van der Waals surface area contributed by atoms with E-state index in [-0.39, 0.29) is 0 Å². The summed E-state index contributed by atoms with van der Waals surface area (Å²) in [5.41, 5.74) is 4.02. The van der Waals surface area contributed by atoms with E-state index < -0.39 is 0 Å². The molecule has 0 aliphatic rings. The van der Waals surface area contributed by atoms with E-state index in [4.69, 9.17) is 9.40 Å². The third kappa shape index (κ3) is 3.74. The fourth-order valence-corrected chi connectivity index (χ4v) is 4.79. The lowest BCUT2D eigenvalue weighted by Crippen LogP contribution is -1.88. The van der Waals surface area contributed by atoms with Crippen molar-refractivity contribution in [2.45, 2.75) is 13.3 Å². The molecule has 0 bridgehead atoms. The summed E-state index contributed by atoms with van der Waals surface area (Å²) in [5, 5.41) is 12.4. The number of benzene rings is 2. The second kappa shape index (κ2) is 7.69. The summed E-state index contributed by atoms with van der Waals surface area (Å²) in [6, 6.07) is 20.3. The van der Waals surface area contributed by atoms with Gasteiger partial charge in [-0.05, 0) is 6.92 Å². The van der Waals surface area contributed by atoms with Crippen LogP contribution in [0.2, 0.25) is 0 Å². The van der Waals surface area contributed by atoms with Crippen LogP contribution < -0.4 is 0 Å². The zero-order chi connectivity index (χ0) is 19.6. The van der Waals surface area contributed by atoms with Gasteiger partial charge in [0, 0.05) is 16.5 Å². The largest absolute Gasteiger partial charge is 0.419 e. The van der Waals surface area contributed by atoms with E-state index in [1.807, 2.05) is 60.8 Å². The lowest BCUT2D eigenvalue weighted by atomic mass is 10.2. The monoisotopic (exact) mass is 416 g/mol. The molecule has 29 heavy (non-hydrogen) atoms. The maximum atomic E-state index is 5.93. The van der Waals surface area contributed by atoms with Crippen LogP contribution in [0.4, 0.5) is 0 Å². The minimum absolute atomic E-state index is 0.510. The Morgan fingerprint density at radius 1 is 0.828 bits per heavy atom. The second-order valence-electron chi connectivity index (χ2n) is 6.49. The Balaban J connectivity index is 1.37. The molecule has 0 radical (unpaired) electrons. The van der Waals surface area contributed by atoms with Crippen LogP contribution in [0.15, 0.2) is 70.5 Å². The number of hydrogen-bond acceptors (Lipinski definition) is 7. The maximum Gasteiger partial charge on any atom is 0.259 e. The van der Waals surface area contributed by atoms with Gasteiger partial charge in [-0.3, -0.25) is 0 Å². The minimum Gasteiger partial charge on any atom is -0.419 e. The van der Waals surface area contributed by atoms with Crippen molar-refractivity contribution in [3.8, 4) is 31.9 Å². The third-order valence-corrected chi connectivity index (χ3v) is 6.52. The SMILES string of the molecule is Cc1nc(-c2ccccc2)sc1-c1nnc(Cc2csc(-c3ccccc3)n2)o1. The minimum atomic E-state index is 0.510. The van der Waals surface area contributed by atoms with Crippen LogP contribution in [0.25, 0.3) is 31.9 Å². The lowest BCUT2D eigenvalue weighted by Gasteiger charge is -1.94. The Hall–Kier alpha value is -3.16. The van der Waals surface area contributed by atoms with Crippen molar-refractivity contribution in [2.24, 2.45) is 0 Å². The van der Waals surface area contributed by atoms with Crippen molar-refractivity contribution in [1.29, 1.82) is 0 Å². The van der Waals surface area contributed by atoms with Gasteiger partial charge in [-0.25, -0.2) is 9.97 Å². The standard InChI is InChI=1S/C22H16N4OS2/c1-14-19(29-22(23-14)16-10-6-3-7-11-16)20-26-25-18(27-20)12-17-13-28-21(24-17)15-8-4-2-5-9-15/h2-11,13H,12H2,1H3. The zero-order valence-electron chi connectivity index (χ0n) is 15.6.